The highest BCUT2D eigenvalue weighted by atomic mass is 19.1. The van der Waals surface area contributed by atoms with E-state index < -0.39 is 0 Å². The maximum absolute atomic E-state index is 13.0. The topological polar surface area (TPSA) is 55.1 Å². The van der Waals surface area contributed by atoms with Crippen LogP contribution in [-0.4, -0.2) is 10.9 Å². The van der Waals surface area contributed by atoms with E-state index in [0.717, 1.165) is 11.1 Å². The van der Waals surface area contributed by atoms with Gasteiger partial charge in [-0.3, -0.25) is 4.79 Å². The Kier molecular flexibility index (Phi) is 4.93. The molecule has 1 amide bonds. The Morgan fingerprint density at radius 3 is 2.52 bits per heavy atom. The van der Waals surface area contributed by atoms with E-state index in [1.807, 2.05) is 37.3 Å². The molecule has 1 atom stereocenters. The van der Waals surface area contributed by atoms with Gasteiger partial charge in [0.1, 0.15) is 11.6 Å². The zero-order chi connectivity index (χ0) is 17.8. The van der Waals surface area contributed by atoms with Crippen molar-refractivity contribution in [2.45, 2.75) is 26.3 Å². The van der Waals surface area contributed by atoms with Crippen LogP contribution in [0, 0.1) is 12.7 Å². The van der Waals surface area contributed by atoms with Gasteiger partial charge in [-0.15, -0.1) is 0 Å². The fourth-order valence-electron chi connectivity index (χ4n) is 2.58. The van der Waals surface area contributed by atoms with Crippen molar-refractivity contribution >= 4 is 5.91 Å². The van der Waals surface area contributed by atoms with Crippen LogP contribution >= 0.6 is 0 Å². The number of benzene rings is 2. The van der Waals surface area contributed by atoms with Gasteiger partial charge in [0.25, 0.3) is 0 Å². The molecule has 25 heavy (non-hydrogen) atoms. The van der Waals surface area contributed by atoms with Crippen molar-refractivity contribution in [2.75, 3.05) is 0 Å². The zero-order valence-electron chi connectivity index (χ0n) is 14.1. The van der Waals surface area contributed by atoms with Crippen molar-refractivity contribution in [2.24, 2.45) is 0 Å². The zero-order valence-corrected chi connectivity index (χ0v) is 14.1. The van der Waals surface area contributed by atoms with Gasteiger partial charge in [-0.1, -0.05) is 30.3 Å². The van der Waals surface area contributed by atoms with Crippen LogP contribution in [0.3, 0.4) is 0 Å². The molecule has 0 saturated heterocycles. The average molecular weight is 338 g/mol. The fraction of sp³-hybridized carbons (Fsp3) is 0.200. The van der Waals surface area contributed by atoms with Crippen LogP contribution in [0.1, 0.15) is 30.0 Å². The first-order chi connectivity index (χ1) is 12.0. The Morgan fingerprint density at radius 2 is 1.84 bits per heavy atom. The minimum absolute atomic E-state index is 0.133. The lowest BCUT2D eigenvalue weighted by atomic mass is 10.1. The van der Waals surface area contributed by atoms with E-state index in [2.05, 4.69) is 10.3 Å². The summed E-state index contributed by atoms with van der Waals surface area (Å²) in [5, 5.41) is 2.90. The first-order valence-corrected chi connectivity index (χ1v) is 8.09. The molecule has 3 aromatic rings. The second-order valence-electron chi connectivity index (χ2n) is 5.91. The Bertz CT molecular complexity index is 857. The van der Waals surface area contributed by atoms with Gasteiger partial charge in [0, 0.05) is 5.56 Å². The average Bonchev–Trinajstić information content (AvgIpc) is 2.97. The van der Waals surface area contributed by atoms with Crippen LogP contribution in [-0.2, 0) is 11.2 Å². The molecule has 5 heteroatoms. The lowest BCUT2D eigenvalue weighted by molar-refractivity contribution is -0.121. The van der Waals surface area contributed by atoms with E-state index in [1.54, 1.807) is 19.1 Å². The highest BCUT2D eigenvalue weighted by Crippen LogP contribution is 2.22. The smallest absolute Gasteiger partial charge is 0.226 e. The van der Waals surface area contributed by atoms with Crippen molar-refractivity contribution in [3.8, 4) is 11.5 Å². The fourth-order valence-corrected chi connectivity index (χ4v) is 2.58. The van der Waals surface area contributed by atoms with Crippen LogP contribution in [0.4, 0.5) is 4.39 Å². The number of aromatic nitrogens is 1. The SMILES string of the molecule is Cc1oc(-c2ccccc2)nc1CC(=O)NC(C)c1ccc(F)cc1. The Hall–Kier alpha value is -2.95. The lowest BCUT2D eigenvalue weighted by Gasteiger charge is -2.13. The number of nitrogens with zero attached hydrogens (tertiary/aromatic N) is 1. The van der Waals surface area contributed by atoms with Gasteiger partial charge in [-0.2, -0.15) is 0 Å². The van der Waals surface area contributed by atoms with E-state index in [-0.39, 0.29) is 24.2 Å². The molecule has 1 aromatic heterocycles. The first-order valence-electron chi connectivity index (χ1n) is 8.09. The van der Waals surface area contributed by atoms with E-state index >= 15 is 0 Å². The summed E-state index contributed by atoms with van der Waals surface area (Å²) in [4.78, 5) is 16.7. The molecule has 0 saturated carbocycles. The maximum atomic E-state index is 13.0. The summed E-state index contributed by atoms with van der Waals surface area (Å²) < 4.78 is 18.7. The molecule has 0 radical (unpaired) electrons. The summed E-state index contributed by atoms with van der Waals surface area (Å²) >= 11 is 0. The molecular weight excluding hydrogens is 319 g/mol. The third-order valence-corrected chi connectivity index (χ3v) is 3.99. The summed E-state index contributed by atoms with van der Waals surface area (Å²) in [7, 11) is 0. The number of halogens is 1. The molecule has 0 aliphatic rings. The van der Waals surface area contributed by atoms with Crippen molar-refractivity contribution in [3.05, 3.63) is 77.4 Å². The number of hydrogen-bond acceptors (Lipinski definition) is 3. The Morgan fingerprint density at radius 1 is 1.16 bits per heavy atom. The third kappa shape index (κ3) is 4.12. The van der Waals surface area contributed by atoms with Crippen molar-refractivity contribution in [1.82, 2.24) is 10.3 Å². The molecule has 128 valence electrons. The second-order valence-corrected chi connectivity index (χ2v) is 5.91. The number of hydrogen-bond donors (Lipinski definition) is 1. The molecule has 2 aromatic carbocycles. The van der Waals surface area contributed by atoms with Gasteiger partial charge in [0.2, 0.25) is 11.8 Å². The Labute approximate surface area is 145 Å². The molecule has 0 fully saturated rings. The molecule has 0 spiro atoms. The summed E-state index contributed by atoms with van der Waals surface area (Å²) in [5.74, 6) is 0.678. The summed E-state index contributed by atoms with van der Waals surface area (Å²) in [6.45, 7) is 3.65. The predicted octanol–water partition coefficient (Wildman–Crippen LogP) is 4.21. The van der Waals surface area contributed by atoms with Crippen LogP contribution in [0.15, 0.2) is 59.0 Å². The molecule has 0 aliphatic carbocycles. The van der Waals surface area contributed by atoms with E-state index in [4.69, 9.17) is 4.42 Å². The van der Waals surface area contributed by atoms with E-state index in [9.17, 15) is 9.18 Å². The normalized spacial score (nSPS) is 12.0. The van der Waals surface area contributed by atoms with Crippen molar-refractivity contribution in [3.63, 3.8) is 0 Å². The number of nitrogens with one attached hydrogen (secondary N) is 1. The quantitative estimate of drug-likeness (QED) is 0.758. The van der Waals surface area contributed by atoms with Crippen molar-refractivity contribution in [1.29, 1.82) is 0 Å². The number of oxazole rings is 1. The van der Waals surface area contributed by atoms with Crippen LogP contribution in [0.2, 0.25) is 0 Å². The largest absolute Gasteiger partial charge is 0.441 e. The van der Waals surface area contributed by atoms with Crippen molar-refractivity contribution < 1.29 is 13.6 Å². The monoisotopic (exact) mass is 338 g/mol. The molecule has 4 nitrogen and oxygen atoms in total. The molecule has 1 unspecified atom stereocenters. The summed E-state index contributed by atoms with van der Waals surface area (Å²) in [5.41, 5.74) is 2.33. The number of amides is 1. The van der Waals surface area contributed by atoms with E-state index in [0.29, 0.717) is 17.3 Å². The summed E-state index contributed by atoms with van der Waals surface area (Å²) in [6, 6.07) is 15.4. The van der Waals surface area contributed by atoms with Gasteiger partial charge < -0.3 is 9.73 Å². The number of carbonyl (C=O) groups is 1. The van der Waals surface area contributed by atoms with E-state index in [1.165, 1.54) is 12.1 Å². The molecule has 1 N–H and O–H groups in total. The van der Waals surface area contributed by atoms with Crippen LogP contribution in [0.5, 0.6) is 0 Å². The number of carbonyl (C=O) groups excluding carboxylic acids is 1. The predicted molar refractivity (Wildman–Crippen MR) is 93.3 cm³/mol. The molecular formula is C20H19FN2O2. The second kappa shape index (κ2) is 7.30. The van der Waals surface area contributed by atoms with Gasteiger partial charge in [-0.05, 0) is 43.7 Å². The van der Waals surface area contributed by atoms with Crippen LogP contribution in [0.25, 0.3) is 11.5 Å². The molecule has 3 rings (SSSR count). The lowest BCUT2D eigenvalue weighted by Crippen LogP contribution is -2.28. The molecule has 0 bridgehead atoms. The molecule has 0 aliphatic heterocycles. The Balaban J connectivity index is 1.67. The standard InChI is InChI=1S/C20H19FN2O2/c1-13(15-8-10-17(21)11-9-15)22-19(24)12-18-14(2)25-20(23-18)16-6-4-3-5-7-16/h3-11,13H,12H2,1-2H3,(H,22,24). The highest BCUT2D eigenvalue weighted by molar-refractivity contribution is 5.79. The first kappa shape index (κ1) is 16.9. The van der Waals surface area contributed by atoms with Crippen LogP contribution < -0.4 is 5.32 Å². The minimum Gasteiger partial charge on any atom is -0.441 e. The number of aryl methyl sites for hydroxylation is 1. The minimum atomic E-state index is -0.297. The molecule has 1 heterocycles. The maximum Gasteiger partial charge on any atom is 0.226 e. The van der Waals surface area contributed by atoms with Gasteiger partial charge >= 0.3 is 0 Å². The number of rotatable bonds is 5. The highest BCUT2D eigenvalue weighted by Gasteiger charge is 2.16. The van der Waals surface area contributed by atoms with Gasteiger partial charge in [0.15, 0.2) is 0 Å². The van der Waals surface area contributed by atoms with Gasteiger partial charge in [-0.25, -0.2) is 9.37 Å². The van der Waals surface area contributed by atoms with Gasteiger partial charge in [0.05, 0.1) is 18.2 Å². The summed E-state index contributed by atoms with van der Waals surface area (Å²) in [6.07, 6.45) is 0.133. The third-order valence-electron chi connectivity index (χ3n) is 3.99.